The van der Waals surface area contributed by atoms with Crippen molar-refractivity contribution in [3.63, 3.8) is 0 Å². The zero-order chi connectivity index (χ0) is 14.5. The van der Waals surface area contributed by atoms with Gasteiger partial charge in [-0.3, -0.25) is 4.79 Å². The highest BCUT2D eigenvalue weighted by Gasteiger charge is 2.27. The second-order valence-electron chi connectivity index (χ2n) is 5.34. The lowest BCUT2D eigenvalue weighted by Gasteiger charge is -2.29. The Hall–Kier alpha value is -1.93. The van der Waals surface area contributed by atoms with Gasteiger partial charge >= 0.3 is 0 Å². The first kappa shape index (κ1) is 14.5. The molecule has 0 N–H and O–H groups in total. The van der Waals surface area contributed by atoms with E-state index in [0.717, 1.165) is 5.56 Å². The highest BCUT2D eigenvalue weighted by Crippen LogP contribution is 2.29. The molecule has 2 atom stereocenters. The second-order valence-corrected chi connectivity index (χ2v) is 5.34. The van der Waals surface area contributed by atoms with Crippen molar-refractivity contribution in [1.82, 2.24) is 4.90 Å². The predicted molar refractivity (Wildman–Crippen MR) is 82.8 cm³/mol. The van der Waals surface area contributed by atoms with Crippen LogP contribution in [0.1, 0.15) is 28.9 Å². The molecule has 0 radical (unpaired) electrons. The topological polar surface area (TPSA) is 20.3 Å². The van der Waals surface area contributed by atoms with Gasteiger partial charge in [0.1, 0.15) is 0 Å². The van der Waals surface area contributed by atoms with E-state index in [1.807, 2.05) is 69.6 Å². The van der Waals surface area contributed by atoms with Crippen molar-refractivity contribution >= 4 is 5.78 Å². The summed E-state index contributed by atoms with van der Waals surface area (Å²) in [6, 6.07) is 19.8. The van der Waals surface area contributed by atoms with E-state index < -0.39 is 0 Å². The largest absolute Gasteiger partial charge is 0.302 e. The lowest BCUT2D eigenvalue weighted by Crippen LogP contribution is -2.30. The molecule has 0 aliphatic carbocycles. The summed E-state index contributed by atoms with van der Waals surface area (Å²) >= 11 is 0. The standard InChI is InChI=1S/C18H21NO/c1-14(18(20)16-12-8-5-9-13-16)17(19(2)3)15-10-6-4-7-11-15/h4-14,17H,1-3H3/t14-,17+/m1/s1. The molecule has 0 spiro atoms. The monoisotopic (exact) mass is 267 g/mol. The Morgan fingerprint density at radius 1 is 0.900 bits per heavy atom. The fourth-order valence-corrected chi connectivity index (χ4v) is 2.69. The van der Waals surface area contributed by atoms with Gasteiger partial charge in [0.15, 0.2) is 5.78 Å². The Kier molecular flexibility index (Phi) is 4.70. The van der Waals surface area contributed by atoms with Crippen LogP contribution in [0.3, 0.4) is 0 Å². The molecule has 104 valence electrons. The predicted octanol–water partition coefficient (Wildman–Crippen LogP) is 3.81. The zero-order valence-electron chi connectivity index (χ0n) is 12.3. The van der Waals surface area contributed by atoms with E-state index in [4.69, 9.17) is 0 Å². The van der Waals surface area contributed by atoms with Gasteiger partial charge in [0.2, 0.25) is 0 Å². The zero-order valence-corrected chi connectivity index (χ0v) is 12.3. The van der Waals surface area contributed by atoms with Gasteiger partial charge in [-0.15, -0.1) is 0 Å². The van der Waals surface area contributed by atoms with Gasteiger partial charge in [-0.1, -0.05) is 67.6 Å². The molecule has 0 bridgehead atoms. The minimum absolute atomic E-state index is 0.0870. The fraction of sp³-hybridized carbons (Fsp3) is 0.278. The Labute approximate surface area is 121 Å². The van der Waals surface area contributed by atoms with Gasteiger partial charge in [-0.25, -0.2) is 0 Å². The molecule has 0 aliphatic rings. The third-order valence-electron chi connectivity index (χ3n) is 3.64. The fourth-order valence-electron chi connectivity index (χ4n) is 2.69. The minimum atomic E-state index is -0.0881. The van der Waals surface area contributed by atoms with Gasteiger partial charge < -0.3 is 4.90 Å². The van der Waals surface area contributed by atoms with Crippen LogP contribution in [-0.2, 0) is 0 Å². The van der Waals surface area contributed by atoms with Gasteiger partial charge in [0.25, 0.3) is 0 Å². The molecule has 0 saturated heterocycles. The van der Waals surface area contributed by atoms with Crippen molar-refractivity contribution in [1.29, 1.82) is 0 Å². The molecule has 0 aliphatic heterocycles. The first-order valence-electron chi connectivity index (χ1n) is 6.92. The maximum absolute atomic E-state index is 12.6. The van der Waals surface area contributed by atoms with Crippen molar-refractivity contribution in [2.24, 2.45) is 5.92 Å². The second kappa shape index (κ2) is 6.49. The van der Waals surface area contributed by atoms with E-state index in [0.29, 0.717) is 0 Å². The van der Waals surface area contributed by atoms with Crippen LogP contribution in [0.4, 0.5) is 0 Å². The lowest BCUT2D eigenvalue weighted by atomic mass is 9.87. The van der Waals surface area contributed by atoms with E-state index in [1.165, 1.54) is 5.56 Å². The molecule has 2 aromatic rings. The lowest BCUT2D eigenvalue weighted by molar-refractivity contribution is 0.0851. The number of benzene rings is 2. The van der Waals surface area contributed by atoms with E-state index in [-0.39, 0.29) is 17.7 Å². The number of rotatable bonds is 5. The first-order valence-corrected chi connectivity index (χ1v) is 6.92. The molecule has 20 heavy (non-hydrogen) atoms. The number of carbonyl (C=O) groups is 1. The van der Waals surface area contributed by atoms with Crippen molar-refractivity contribution in [3.05, 3.63) is 71.8 Å². The first-order chi connectivity index (χ1) is 9.61. The van der Waals surface area contributed by atoms with Crippen molar-refractivity contribution in [2.75, 3.05) is 14.1 Å². The van der Waals surface area contributed by atoms with Crippen molar-refractivity contribution in [3.8, 4) is 0 Å². The van der Waals surface area contributed by atoms with Crippen molar-refractivity contribution < 1.29 is 4.79 Å². The average molecular weight is 267 g/mol. The minimum Gasteiger partial charge on any atom is -0.302 e. The van der Waals surface area contributed by atoms with Crippen LogP contribution in [0.25, 0.3) is 0 Å². The van der Waals surface area contributed by atoms with Gasteiger partial charge in [-0.2, -0.15) is 0 Å². The van der Waals surface area contributed by atoms with E-state index >= 15 is 0 Å². The smallest absolute Gasteiger partial charge is 0.167 e. The summed E-state index contributed by atoms with van der Waals surface area (Å²) in [5.41, 5.74) is 1.96. The summed E-state index contributed by atoms with van der Waals surface area (Å²) < 4.78 is 0. The number of hydrogen-bond donors (Lipinski definition) is 0. The summed E-state index contributed by atoms with van der Waals surface area (Å²) in [6.45, 7) is 2.01. The van der Waals surface area contributed by atoms with Gasteiger partial charge in [0.05, 0.1) is 0 Å². The molecule has 0 unspecified atom stereocenters. The Balaban J connectivity index is 2.29. The third-order valence-corrected chi connectivity index (χ3v) is 3.64. The summed E-state index contributed by atoms with van der Waals surface area (Å²) in [5.74, 6) is 0.1000. The molecule has 0 amide bonds. The van der Waals surface area contributed by atoms with Crippen LogP contribution < -0.4 is 0 Å². The van der Waals surface area contributed by atoms with Gasteiger partial charge in [0, 0.05) is 17.5 Å². The normalized spacial score (nSPS) is 14.0. The molecule has 2 rings (SSSR count). The van der Waals surface area contributed by atoms with Crippen LogP contribution in [-0.4, -0.2) is 24.8 Å². The molecule has 2 heteroatoms. The maximum Gasteiger partial charge on any atom is 0.167 e. The van der Waals surface area contributed by atoms with Crippen LogP contribution in [0.15, 0.2) is 60.7 Å². The molecular weight excluding hydrogens is 246 g/mol. The van der Waals surface area contributed by atoms with Gasteiger partial charge in [-0.05, 0) is 19.7 Å². The maximum atomic E-state index is 12.6. The van der Waals surface area contributed by atoms with E-state index in [1.54, 1.807) is 0 Å². The summed E-state index contributed by atoms with van der Waals surface area (Å²) in [4.78, 5) is 14.7. The number of carbonyl (C=O) groups excluding carboxylic acids is 1. The van der Waals surface area contributed by atoms with Crippen LogP contribution >= 0.6 is 0 Å². The quantitative estimate of drug-likeness (QED) is 0.768. The molecule has 0 fully saturated rings. The molecule has 0 heterocycles. The molecular formula is C18H21NO. The molecule has 0 aromatic heterocycles. The number of nitrogens with zero attached hydrogens (tertiary/aromatic N) is 1. The number of ketones is 1. The average Bonchev–Trinajstić information content (AvgIpc) is 2.48. The highest BCUT2D eigenvalue weighted by molar-refractivity contribution is 5.98. The number of Topliss-reactive ketones (excluding diaryl/α,β-unsaturated/α-hetero) is 1. The highest BCUT2D eigenvalue weighted by atomic mass is 16.1. The van der Waals surface area contributed by atoms with Crippen molar-refractivity contribution in [2.45, 2.75) is 13.0 Å². The Bertz CT molecular complexity index is 548. The summed E-state index contributed by atoms with van der Waals surface area (Å²) in [6.07, 6.45) is 0. The SMILES string of the molecule is C[C@@H](C(=O)c1ccccc1)[C@@H](c1ccccc1)N(C)C. The molecule has 2 aromatic carbocycles. The molecule has 0 saturated carbocycles. The third kappa shape index (κ3) is 3.14. The van der Waals surface area contributed by atoms with Crippen LogP contribution in [0.2, 0.25) is 0 Å². The van der Waals surface area contributed by atoms with Crippen LogP contribution in [0, 0.1) is 5.92 Å². The summed E-state index contributed by atoms with van der Waals surface area (Å²) in [5, 5.41) is 0. The van der Waals surface area contributed by atoms with Crippen LogP contribution in [0.5, 0.6) is 0 Å². The number of hydrogen-bond acceptors (Lipinski definition) is 2. The Morgan fingerprint density at radius 3 is 1.90 bits per heavy atom. The molecule has 2 nitrogen and oxygen atoms in total. The summed E-state index contributed by atoms with van der Waals surface area (Å²) in [7, 11) is 4.04. The van der Waals surface area contributed by atoms with E-state index in [2.05, 4.69) is 17.0 Å². The van der Waals surface area contributed by atoms with E-state index in [9.17, 15) is 4.79 Å². The Morgan fingerprint density at radius 2 is 1.40 bits per heavy atom.